The second-order valence-corrected chi connectivity index (χ2v) is 8.30. The van der Waals surface area contributed by atoms with Crippen LogP contribution >= 0.6 is 23.4 Å². The fourth-order valence-corrected chi connectivity index (χ4v) is 3.90. The van der Waals surface area contributed by atoms with Gasteiger partial charge in [-0.15, -0.1) is 10.2 Å². The van der Waals surface area contributed by atoms with Crippen molar-refractivity contribution in [1.29, 1.82) is 0 Å². The third-order valence-corrected chi connectivity index (χ3v) is 5.84. The van der Waals surface area contributed by atoms with Crippen LogP contribution in [0.25, 0.3) is 17.1 Å². The smallest absolute Gasteiger partial charge is 0.250 e. The van der Waals surface area contributed by atoms with Crippen LogP contribution in [0.3, 0.4) is 0 Å². The van der Waals surface area contributed by atoms with Gasteiger partial charge in [0.1, 0.15) is 0 Å². The third-order valence-electron chi connectivity index (χ3n) is 4.66. The molecular formula is C24H20ClN5OS. The summed E-state index contributed by atoms with van der Waals surface area (Å²) < 4.78 is 1.93. The van der Waals surface area contributed by atoms with Crippen molar-refractivity contribution < 1.29 is 4.79 Å². The topological polar surface area (TPSA) is 72.2 Å². The number of carbonyl (C=O) groups is 1. The minimum absolute atomic E-state index is 0.150. The minimum Gasteiger partial charge on any atom is -0.272 e. The highest BCUT2D eigenvalue weighted by atomic mass is 35.5. The summed E-state index contributed by atoms with van der Waals surface area (Å²) in [5, 5.41) is 14.0. The number of hydrogen-bond acceptors (Lipinski definition) is 5. The molecule has 4 rings (SSSR count). The first kappa shape index (κ1) is 21.8. The van der Waals surface area contributed by atoms with E-state index in [1.54, 1.807) is 6.21 Å². The summed E-state index contributed by atoms with van der Waals surface area (Å²) in [6.45, 7) is 1.99. The van der Waals surface area contributed by atoms with Crippen LogP contribution < -0.4 is 5.43 Å². The number of benzene rings is 3. The Balaban J connectivity index is 1.50. The molecule has 8 heteroatoms. The molecule has 0 aliphatic rings. The van der Waals surface area contributed by atoms with Gasteiger partial charge in [0.2, 0.25) is 0 Å². The number of aromatic nitrogens is 3. The molecule has 160 valence electrons. The maximum Gasteiger partial charge on any atom is 0.250 e. The first-order valence-electron chi connectivity index (χ1n) is 9.89. The van der Waals surface area contributed by atoms with Crippen molar-refractivity contribution in [2.45, 2.75) is 12.1 Å². The molecule has 0 unspecified atom stereocenters. The number of aryl methyl sites for hydroxylation is 1. The Bertz CT molecular complexity index is 1240. The molecule has 0 spiro atoms. The number of hydrazone groups is 1. The Hall–Kier alpha value is -3.42. The standard InChI is InChI=1S/C24H20ClN5OS/c1-17-7-5-6-8-19(17)15-26-27-22(31)16-32-24-29-28-23(18-11-13-20(25)14-12-18)30(24)21-9-3-2-4-10-21/h2-15H,16H2,1H3,(H,27,31). The summed E-state index contributed by atoms with van der Waals surface area (Å²) >= 11 is 7.33. The molecule has 32 heavy (non-hydrogen) atoms. The lowest BCUT2D eigenvalue weighted by molar-refractivity contribution is -0.118. The predicted octanol–water partition coefficient (Wildman–Crippen LogP) is 5.14. The third kappa shape index (κ3) is 5.25. The zero-order valence-electron chi connectivity index (χ0n) is 17.3. The average molecular weight is 462 g/mol. The summed E-state index contributed by atoms with van der Waals surface area (Å²) in [7, 11) is 0. The van der Waals surface area contributed by atoms with Crippen LogP contribution in [0.5, 0.6) is 0 Å². The first-order valence-corrected chi connectivity index (χ1v) is 11.3. The van der Waals surface area contributed by atoms with Crippen LogP contribution in [-0.4, -0.2) is 32.6 Å². The van der Waals surface area contributed by atoms with E-state index in [4.69, 9.17) is 11.6 Å². The van der Waals surface area contributed by atoms with E-state index < -0.39 is 0 Å². The molecule has 1 heterocycles. The van der Waals surface area contributed by atoms with E-state index in [-0.39, 0.29) is 11.7 Å². The number of para-hydroxylation sites is 1. The second-order valence-electron chi connectivity index (χ2n) is 6.92. The Morgan fingerprint density at radius 2 is 1.75 bits per heavy atom. The quantitative estimate of drug-likeness (QED) is 0.235. The monoisotopic (exact) mass is 461 g/mol. The number of rotatable bonds is 7. The van der Waals surface area contributed by atoms with Crippen molar-refractivity contribution in [1.82, 2.24) is 20.2 Å². The van der Waals surface area contributed by atoms with E-state index >= 15 is 0 Å². The molecule has 0 bridgehead atoms. The van der Waals surface area contributed by atoms with E-state index in [2.05, 4.69) is 20.7 Å². The van der Waals surface area contributed by atoms with Crippen LogP contribution in [-0.2, 0) is 4.79 Å². The highest BCUT2D eigenvalue weighted by molar-refractivity contribution is 7.99. The van der Waals surface area contributed by atoms with Gasteiger partial charge in [-0.1, -0.05) is 65.8 Å². The largest absolute Gasteiger partial charge is 0.272 e. The summed E-state index contributed by atoms with van der Waals surface area (Å²) in [5.41, 5.74) is 6.40. The van der Waals surface area contributed by atoms with Crippen LogP contribution in [0, 0.1) is 6.92 Å². The van der Waals surface area contributed by atoms with Crippen LogP contribution in [0.1, 0.15) is 11.1 Å². The van der Waals surface area contributed by atoms with Crippen LogP contribution in [0.4, 0.5) is 0 Å². The van der Waals surface area contributed by atoms with Crippen molar-refractivity contribution in [3.8, 4) is 17.1 Å². The number of halogens is 1. The van der Waals surface area contributed by atoms with Gasteiger partial charge in [0.25, 0.3) is 5.91 Å². The Morgan fingerprint density at radius 1 is 1.03 bits per heavy atom. The number of nitrogens with zero attached hydrogens (tertiary/aromatic N) is 4. The fraction of sp³-hybridized carbons (Fsp3) is 0.0833. The van der Waals surface area contributed by atoms with Gasteiger partial charge in [0.05, 0.1) is 12.0 Å². The van der Waals surface area contributed by atoms with Gasteiger partial charge in [-0.2, -0.15) is 5.10 Å². The highest BCUT2D eigenvalue weighted by Crippen LogP contribution is 2.28. The van der Waals surface area contributed by atoms with Crippen molar-refractivity contribution in [3.05, 3.63) is 95.0 Å². The second kappa shape index (κ2) is 10.3. The predicted molar refractivity (Wildman–Crippen MR) is 129 cm³/mol. The first-order chi connectivity index (χ1) is 15.6. The fourth-order valence-electron chi connectivity index (χ4n) is 3.03. The van der Waals surface area contributed by atoms with Gasteiger partial charge in [0.15, 0.2) is 11.0 Å². The molecule has 0 radical (unpaired) electrons. The number of thioether (sulfide) groups is 1. The molecule has 6 nitrogen and oxygen atoms in total. The van der Waals surface area contributed by atoms with Crippen molar-refractivity contribution in [2.24, 2.45) is 5.10 Å². The molecular weight excluding hydrogens is 442 g/mol. The molecule has 1 aromatic heterocycles. The molecule has 0 saturated carbocycles. The normalized spacial score (nSPS) is 11.1. The van der Waals surface area contributed by atoms with Crippen molar-refractivity contribution in [3.63, 3.8) is 0 Å². The number of amides is 1. The van der Waals surface area contributed by atoms with Crippen LogP contribution in [0.15, 0.2) is 89.1 Å². The molecule has 0 aliphatic carbocycles. The number of hydrogen-bond donors (Lipinski definition) is 1. The van der Waals surface area contributed by atoms with Crippen LogP contribution in [0.2, 0.25) is 5.02 Å². The maximum atomic E-state index is 12.3. The molecule has 0 aliphatic heterocycles. The number of nitrogens with one attached hydrogen (secondary N) is 1. The summed E-state index contributed by atoms with van der Waals surface area (Å²) in [6.07, 6.45) is 1.64. The molecule has 3 aromatic carbocycles. The van der Waals surface area contributed by atoms with E-state index in [1.165, 1.54) is 11.8 Å². The van der Waals surface area contributed by atoms with E-state index in [1.807, 2.05) is 90.4 Å². The minimum atomic E-state index is -0.226. The lowest BCUT2D eigenvalue weighted by atomic mass is 10.1. The molecule has 4 aromatic rings. The Kier molecular flexibility index (Phi) is 6.99. The van der Waals surface area contributed by atoms with E-state index in [9.17, 15) is 4.79 Å². The average Bonchev–Trinajstić information content (AvgIpc) is 3.24. The van der Waals surface area contributed by atoms with Gasteiger partial charge in [-0.3, -0.25) is 9.36 Å². The highest BCUT2D eigenvalue weighted by Gasteiger charge is 2.17. The molecule has 0 fully saturated rings. The zero-order valence-corrected chi connectivity index (χ0v) is 18.8. The van der Waals surface area contributed by atoms with Crippen molar-refractivity contribution >= 4 is 35.5 Å². The maximum absolute atomic E-state index is 12.3. The Morgan fingerprint density at radius 3 is 2.50 bits per heavy atom. The lowest BCUT2D eigenvalue weighted by Gasteiger charge is -2.10. The van der Waals surface area contributed by atoms with E-state index in [0.29, 0.717) is 16.0 Å². The van der Waals surface area contributed by atoms with Gasteiger partial charge in [0, 0.05) is 16.3 Å². The van der Waals surface area contributed by atoms with E-state index in [0.717, 1.165) is 22.4 Å². The molecule has 1 N–H and O–H groups in total. The molecule has 0 atom stereocenters. The molecule has 1 amide bonds. The van der Waals surface area contributed by atoms with Gasteiger partial charge < -0.3 is 0 Å². The lowest BCUT2D eigenvalue weighted by Crippen LogP contribution is -2.20. The number of carbonyl (C=O) groups excluding carboxylic acids is 1. The molecule has 0 saturated heterocycles. The summed E-state index contributed by atoms with van der Waals surface area (Å²) in [4.78, 5) is 12.3. The zero-order chi connectivity index (χ0) is 22.3. The van der Waals surface area contributed by atoms with Gasteiger partial charge in [-0.05, 0) is 54.4 Å². The van der Waals surface area contributed by atoms with Gasteiger partial charge >= 0.3 is 0 Å². The summed E-state index contributed by atoms with van der Waals surface area (Å²) in [5.74, 6) is 0.597. The van der Waals surface area contributed by atoms with Crippen molar-refractivity contribution in [2.75, 3.05) is 5.75 Å². The SMILES string of the molecule is Cc1ccccc1C=NNC(=O)CSc1nnc(-c2ccc(Cl)cc2)n1-c1ccccc1. The van der Waals surface area contributed by atoms with Gasteiger partial charge in [-0.25, -0.2) is 5.43 Å². The Labute approximate surface area is 195 Å². The summed E-state index contributed by atoms with van der Waals surface area (Å²) in [6, 6.07) is 25.0.